The molecule has 0 aromatic carbocycles. The number of nitrogens with one attached hydrogen (secondary N) is 1. The van der Waals surface area contributed by atoms with Gasteiger partial charge < -0.3 is 14.8 Å². The quantitative estimate of drug-likeness (QED) is 0.785. The molecule has 1 aliphatic rings. The summed E-state index contributed by atoms with van der Waals surface area (Å²) >= 11 is 0. The number of carbonyl (C=O) groups is 2. The number of hydrogen-bond acceptors (Lipinski definition) is 5. The predicted octanol–water partition coefficient (Wildman–Crippen LogP) is 1.75. The number of carbonyl (C=O) groups excluding carboxylic acids is 2. The highest BCUT2D eigenvalue weighted by molar-refractivity contribution is 5.89. The Kier molecular flexibility index (Phi) is 4.40. The van der Waals surface area contributed by atoms with Gasteiger partial charge in [0.1, 0.15) is 11.1 Å². The van der Waals surface area contributed by atoms with Crippen LogP contribution in [0.1, 0.15) is 40.0 Å². The molecule has 0 heterocycles. The molecule has 0 aromatic rings. The zero-order chi connectivity index (χ0) is 14.7. The Labute approximate surface area is 113 Å². The third-order valence-electron chi connectivity index (χ3n) is 2.98. The zero-order valence-electron chi connectivity index (χ0n) is 11.8. The van der Waals surface area contributed by atoms with Crippen LogP contribution >= 0.6 is 0 Å². The fourth-order valence-corrected chi connectivity index (χ4v) is 2.04. The summed E-state index contributed by atoms with van der Waals surface area (Å²) in [5.41, 5.74) is -1.65. The van der Waals surface area contributed by atoms with Crippen LogP contribution in [0.25, 0.3) is 0 Å². The van der Waals surface area contributed by atoms with Crippen LogP contribution < -0.4 is 5.32 Å². The van der Waals surface area contributed by atoms with Crippen molar-refractivity contribution in [1.29, 1.82) is 5.26 Å². The Morgan fingerprint density at radius 1 is 1.47 bits per heavy atom. The van der Waals surface area contributed by atoms with Gasteiger partial charge in [0.15, 0.2) is 0 Å². The van der Waals surface area contributed by atoms with Gasteiger partial charge in [0.25, 0.3) is 0 Å². The maximum absolute atomic E-state index is 11.8. The Morgan fingerprint density at radius 3 is 2.58 bits per heavy atom. The van der Waals surface area contributed by atoms with Crippen molar-refractivity contribution in [3.05, 3.63) is 0 Å². The maximum Gasteiger partial charge on any atom is 0.408 e. The fourth-order valence-electron chi connectivity index (χ4n) is 2.04. The molecule has 0 aliphatic heterocycles. The van der Waals surface area contributed by atoms with E-state index in [0.29, 0.717) is 19.3 Å². The van der Waals surface area contributed by atoms with E-state index < -0.39 is 23.2 Å². The lowest BCUT2D eigenvalue weighted by molar-refractivity contribution is -0.144. The van der Waals surface area contributed by atoms with Crippen LogP contribution in [0.5, 0.6) is 0 Å². The molecule has 0 saturated heterocycles. The minimum Gasteiger partial charge on any atom is -0.467 e. The van der Waals surface area contributed by atoms with Gasteiger partial charge in [-0.15, -0.1) is 0 Å². The average Bonchev–Trinajstić information content (AvgIpc) is 2.97. The van der Waals surface area contributed by atoms with Crippen LogP contribution in [0.2, 0.25) is 0 Å². The first kappa shape index (κ1) is 15.3. The summed E-state index contributed by atoms with van der Waals surface area (Å²) in [5.74, 6) is -0.548. The number of esters is 1. The van der Waals surface area contributed by atoms with E-state index in [1.165, 1.54) is 7.11 Å². The summed E-state index contributed by atoms with van der Waals surface area (Å²) in [5, 5.41) is 11.2. The molecule has 106 valence electrons. The van der Waals surface area contributed by atoms with E-state index in [9.17, 15) is 9.59 Å². The molecule has 2 unspecified atom stereocenters. The highest BCUT2D eigenvalue weighted by Crippen LogP contribution is 2.47. The lowest BCUT2D eigenvalue weighted by Gasteiger charge is -2.23. The molecule has 1 fully saturated rings. The second-order valence-electron chi connectivity index (χ2n) is 5.69. The van der Waals surface area contributed by atoms with Crippen molar-refractivity contribution < 1.29 is 19.1 Å². The number of alkyl carbamates (subject to hydrolysis) is 1. The van der Waals surface area contributed by atoms with Gasteiger partial charge in [-0.05, 0) is 39.5 Å². The first-order chi connectivity index (χ1) is 8.75. The third-order valence-corrected chi connectivity index (χ3v) is 2.98. The minimum atomic E-state index is -1.02. The van der Waals surface area contributed by atoms with Crippen LogP contribution in [0.15, 0.2) is 0 Å². The second-order valence-corrected chi connectivity index (χ2v) is 5.69. The standard InChI is InChI=1S/C13H20N2O4/c1-12(2,3)19-11(17)15-13(10(16)18-4)8-9(13)6-5-7-14/h9H,5-6,8H2,1-4H3,(H,15,17). The van der Waals surface area contributed by atoms with Crippen LogP contribution in [0.3, 0.4) is 0 Å². The maximum atomic E-state index is 11.8. The highest BCUT2D eigenvalue weighted by atomic mass is 16.6. The van der Waals surface area contributed by atoms with E-state index in [2.05, 4.69) is 5.32 Å². The Morgan fingerprint density at radius 2 is 2.11 bits per heavy atom. The number of nitriles is 1. The SMILES string of the molecule is COC(=O)C1(NC(=O)OC(C)(C)C)CC1CCC#N. The first-order valence-corrected chi connectivity index (χ1v) is 6.21. The van der Waals surface area contributed by atoms with Crippen molar-refractivity contribution in [2.75, 3.05) is 7.11 Å². The van der Waals surface area contributed by atoms with Crippen LogP contribution in [-0.4, -0.2) is 30.3 Å². The summed E-state index contributed by atoms with van der Waals surface area (Å²) in [6.07, 6.45) is 0.749. The lowest BCUT2D eigenvalue weighted by atomic mass is 10.1. The van der Waals surface area contributed by atoms with E-state index in [4.69, 9.17) is 14.7 Å². The Balaban J connectivity index is 2.66. The number of ether oxygens (including phenoxy) is 2. The molecule has 19 heavy (non-hydrogen) atoms. The molecule has 1 aliphatic carbocycles. The molecular formula is C13H20N2O4. The van der Waals surface area contributed by atoms with Crippen molar-refractivity contribution in [3.8, 4) is 6.07 Å². The van der Waals surface area contributed by atoms with Crippen molar-refractivity contribution in [3.63, 3.8) is 0 Å². The average molecular weight is 268 g/mol. The zero-order valence-corrected chi connectivity index (χ0v) is 11.8. The molecule has 0 aromatic heterocycles. The first-order valence-electron chi connectivity index (χ1n) is 6.21. The minimum absolute atomic E-state index is 0.0629. The number of rotatable bonds is 4. The third kappa shape index (κ3) is 3.85. The Hall–Kier alpha value is -1.77. The van der Waals surface area contributed by atoms with Crippen LogP contribution in [-0.2, 0) is 14.3 Å². The summed E-state index contributed by atoms with van der Waals surface area (Å²) in [6.45, 7) is 5.24. The molecule has 6 nitrogen and oxygen atoms in total. The molecule has 1 rings (SSSR count). The van der Waals surface area contributed by atoms with E-state index in [1.807, 2.05) is 6.07 Å². The lowest BCUT2D eigenvalue weighted by Crippen LogP contribution is -2.47. The van der Waals surface area contributed by atoms with Gasteiger partial charge in [-0.2, -0.15) is 5.26 Å². The number of amides is 1. The van der Waals surface area contributed by atoms with Crippen molar-refractivity contribution in [1.82, 2.24) is 5.32 Å². The molecular weight excluding hydrogens is 248 g/mol. The van der Waals surface area contributed by atoms with E-state index >= 15 is 0 Å². The molecule has 1 N–H and O–H groups in total. The molecule has 1 amide bonds. The van der Waals surface area contributed by atoms with Gasteiger partial charge in [-0.25, -0.2) is 9.59 Å². The molecule has 2 atom stereocenters. The van der Waals surface area contributed by atoms with Gasteiger partial charge in [0, 0.05) is 6.42 Å². The van der Waals surface area contributed by atoms with Gasteiger partial charge in [-0.1, -0.05) is 0 Å². The molecule has 0 bridgehead atoms. The summed E-state index contributed by atoms with van der Waals surface area (Å²) in [6, 6.07) is 2.03. The predicted molar refractivity (Wildman–Crippen MR) is 67.1 cm³/mol. The topological polar surface area (TPSA) is 88.4 Å². The molecule has 1 saturated carbocycles. The number of methoxy groups -OCH3 is 1. The second kappa shape index (κ2) is 5.47. The van der Waals surface area contributed by atoms with Crippen molar-refractivity contribution in [2.45, 2.75) is 51.2 Å². The van der Waals surface area contributed by atoms with Gasteiger partial charge in [0.2, 0.25) is 0 Å². The van der Waals surface area contributed by atoms with E-state index in [-0.39, 0.29) is 5.92 Å². The van der Waals surface area contributed by atoms with Gasteiger partial charge in [-0.3, -0.25) is 0 Å². The van der Waals surface area contributed by atoms with Crippen LogP contribution in [0.4, 0.5) is 4.79 Å². The molecule has 0 radical (unpaired) electrons. The van der Waals surface area contributed by atoms with Gasteiger partial charge in [0.05, 0.1) is 13.2 Å². The van der Waals surface area contributed by atoms with E-state index in [0.717, 1.165) is 0 Å². The largest absolute Gasteiger partial charge is 0.467 e. The molecule has 0 spiro atoms. The number of nitrogens with zero attached hydrogens (tertiary/aromatic N) is 1. The normalized spacial score (nSPS) is 25.1. The highest BCUT2D eigenvalue weighted by Gasteiger charge is 2.62. The summed E-state index contributed by atoms with van der Waals surface area (Å²) in [7, 11) is 1.28. The smallest absolute Gasteiger partial charge is 0.408 e. The van der Waals surface area contributed by atoms with E-state index in [1.54, 1.807) is 20.8 Å². The van der Waals surface area contributed by atoms with Crippen LogP contribution in [0, 0.1) is 17.2 Å². The van der Waals surface area contributed by atoms with Crippen molar-refractivity contribution in [2.24, 2.45) is 5.92 Å². The van der Waals surface area contributed by atoms with Crippen molar-refractivity contribution >= 4 is 12.1 Å². The fraction of sp³-hybridized carbons (Fsp3) is 0.769. The summed E-state index contributed by atoms with van der Waals surface area (Å²) < 4.78 is 9.86. The number of hydrogen-bond donors (Lipinski definition) is 1. The Bertz CT molecular complexity index is 408. The summed E-state index contributed by atoms with van der Waals surface area (Å²) in [4.78, 5) is 23.5. The molecule has 6 heteroatoms. The monoisotopic (exact) mass is 268 g/mol. The van der Waals surface area contributed by atoms with Gasteiger partial charge >= 0.3 is 12.1 Å².